The highest BCUT2D eigenvalue weighted by molar-refractivity contribution is 5.66. The van der Waals surface area contributed by atoms with Gasteiger partial charge in [-0.15, -0.1) is 0 Å². The molecular weight excluding hydrogens is 279 g/mol. The number of hydrogen-bond donors (Lipinski definition) is 0. The molecule has 116 valence electrons. The summed E-state index contributed by atoms with van der Waals surface area (Å²) in [4.78, 5) is 12.5. The molecule has 0 N–H and O–H groups in total. The van der Waals surface area contributed by atoms with E-state index < -0.39 is 10.7 Å². The number of rotatable bonds is 4. The molecule has 6 nitrogen and oxygen atoms in total. The molecule has 1 heterocycles. The summed E-state index contributed by atoms with van der Waals surface area (Å²) in [6.07, 6.45) is 0.851. The summed E-state index contributed by atoms with van der Waals surface area (Å²) in [5.74, 6) is -0.350. The maximum Gasteiger partial charge on any atom is 0.295 e. The molecule has 2 unspecified atom stereocenters. The van der Waals surface area contributed by atoms with Gasteiger partial charge in [0.05, 0.1) is 24.2 Å². The minimum absolute atomic E-state index is 0.00295. The van der Waals surface area contributed by atoms with Crippen molar-refractivity contribution in [1.82, 2.24) is 0 Å². The van der Waals surface area contributed by atoms with Gasteiger partial charge in [0.2, 0.25) is 0 Å². The number of anilines is 1. The van der Waals surface area contributed by atoms with Crippen molar-refractivity contribution in [2.75, 3.05) is 32.2 Å². The first-order chi connectivity index (χ1) is 9.97. The van der Waals surface area contributed by atoms with Crippen LogP contribution in [-0.2, 0) is 4.74 Å². The molecule has 0 bridgehead atoms. The van der Waals surface area contributed by atoms with Crippen LogP contribution in [0.3, 0.4) is 0 Å². The van der Waals surface area contributed by atoms with Crippen molar-refractivity contribution in [3.05, 3.63) is 28.1 Å². The third-order valence-electron chi connectivity index (χ3n) is 3.98. The van der Waals surface area contributed by atoms with Crippen molar-refractivity contribution in [1.29, 1.82) is 0 Å². The highest BCUT2D eigenvalue weighted by Crippen LogP contribution is 2.36. The quantitative estimate of drug-likeness (QED) is 0.631. The molecule has 1 aliphatic heterocycles. The van der Waals surface area contributed by atoms with E-state index >= 15 is 0 Å². The molecule has 7 heteroatoms. The van der Waals surface area contributed by atoms with E-state index in [1.807, 2.05) is 4.90 Å². The first-order valence-electron chi connectivity index (χ1n) is 6.77. The second-order valence-electron chi connectivity index (χ2n) is 5.22. The van der Waals surface area contributed by atoms with Crippen LogP contribution in [0.25, 0.3) is 0 Å². The molecule has 1 fully saturated rings. The van der Waals surface area contributed by atoms with Crippen molar-refractivity contribution in [2.24, 2.45) is 5.92 Å². The van der Waals surface area contributed by atoms with Crippen molar-refractivity contribution in [3.8, 4) is 5.75 Å². The minimum Gasteiger partial charge on any atom is -0.494 e. The molecular formula is C14H19FN2O4. The van der Waals surface area contributed by atoms with Gasteiger partial charge in [0, 0.05) is 26.3 Å². The summed E-state index contributed by atoms with van der Waals surface area (Å²) in [6.45, 7) is 3.29. The van der Waals surface area contributed by atoms with Crippen molar-refractivity contribution in [2.45, 2.75) is 19.4 Å². The largest absolute Gasteiger partial charge is 0.494 e. The zero-order valence-electron chi connectivity index (χ0n) is 12.3. The van der Waals surface area contributed by atoms with E-state index in [0.29, 0.717) is 24.7 Å². The van der Waals surface area contributed by atoms with Gasteiger partial charge in [-0.2, -0.15) is 0 Å². The lowest BCUT2D eigenvalue weighted by molar-refractivity contribution is -0.384. The Hall–Kier alpha value is -1.89. The Morgan fingerprint density at radius 3 is 2.71 bits per heavy atom. The summed E-state index contributed by atoms with van der Waals surface area (Å²) in [7, 11) is 2.97. The predicted octanol–water partition coefficient (Wildman–Crippen LogP) is 2.60. The number of piperidine rings is 1. The molecule has 21 heavy (non-hydrogen) atoms. The third kappa shape index (κ3) is 3.07. The highest BCUT2D eigenvalue weighted by Gasteiger charge is 2.30. The van der Waals surface area contributed by atoms with Crippen LogP contribution in [0.4, 0.5) is 15.8 Å². The van der Waals surface area contributed by atoms with Crippen molar-refractivity contribution >= 4 is 11.4 Å². The molecule has 0 amide bonds. The van der Waals surface area contributed by atoms with E-state index in [9.17, 15) is 14.5 Å². The third-order valence-corrected chi connectivity index (χ3v) is 3.98. The number of nitro benzene ring substituents is 1. The van der Waals surface area contributed by atoms with E-state index in [0.717, 1.165) is 12.5 Å². The van der Waals surface area contributed by atoms with E-state index in [-0.39, 0.29) is 17.5 Å². The van der Waals surface area contributed by atoms with Crippen LogP contribution in [0.15, 0.2) is 12.1 Å². The number of nitrogens with zero attached hydrogens (tertiary/aromatic N) is 2. The summed E-state index contributed by atoms with van der Waals surface area (Å²) in [5, 5.41) is 11.2. The molecule has 1 aliphatic rings. The molecule has 2 atom stereocenters. The fourth-order valence-corrected chi connectivity index (χ4v) is 2.65. The van der Waals surface area contributed by atoms with Gasteiger partial charge >= 0.3 is 0 Å². The fourth-order valence-electron chi connectivity index (χ4n) is 2.65. The standard InChI is InChI=1S/C14H19FN2O4/c1-9-4-5-16(8-14(9)21-3)11-7-13(20-2)10(15)6-12(11)17(18)19/h6-7,9,14H,4-5,8H2,1-3H3. The van der Waals surface area contributed by atoms with Crippen LogP contribution >= 0.6 is 0 Å². The molecule has 0 spiro atoms. The number of methoxy groups -OCH3 is 2. The van der Waals surface area contributed by atoms with Gasteiger partial charge in [0.1, 0.15) is 5.69 Å². The molecule has 2 rings (SSSR count). The molecule has 1 aromatic rings. The number of ether oxygens (including phenoxy) is 2. The van der Waals surface area contributed by atoms with Gasteiger partial charge < -0.3 is 14.4 Å². The topological polar surface area (TPSA) is 64.8 Å². The van der Waals surface area contributed by atoms with Crippen LogP contribution in [-0.4, -0.2) is 38.3 Å². The Balaban J connectivity index is 2.39. The van der Waals surface area contributed by atoms with Crippen LogP contribution in [0.1, 0.15) is 13.3 Å². The lowest BCUT2D eigenvalue weighted by Crippen LogP contribution is -2.44. The van der Waals surface area contributed by atoms with Gasteiger partial charge in [0.15, 0.2) is 11.6 Å². The zero-order valence-corrected chi connectivity index (χ0v) is 12.3. The average Bonchev–Trinajstić information content (AvgIpc) is 2.47. The van der Waals surface area contributed by atoms with Crippen LogP contribution in [0.5, 0.6) is 5.75 Å². The lowest BCUT2D eigenvalue weighted by Gasteiger charge is -2.37. The monoisotopic (exact) mass is 298 g/mol. The zero-order chi connectivity index (χ0) is 15.6. The summed E-state index contributed by atoms with van der Waals surface area (Å²) >= 11 is 0. The molecule has 1 saturated heterocycles. The van der Waals surface area contributed by atoms with Gasteiger partial charge in [0.25, 0.3) is 5.69 Å². The van der Waals surface area contributed by atoms with E-state index in [1.165, 1.54) is 13.2 Å². The summed E-state index contributed by atoms with van der Waals surface area (Å²) in [6, 6.07) is 2.30. The maximum atomic E-state index is 13.7. The first-order valence-corrected chi connectivity index (χ1v) is 6.77. The number of benzene rings is 1. The molecule has 0 aromatic heterocycles. The van der Waals surface area contributed by atoms with Crippen LogP contribution in [0.2, 0.25) is 0 Å². The fraction of sp³-hybridized carbons (Fsp3) is 0.571. The van der Waals surface area contributed by atoms with E-state index in [2.05, 4.69) is 6.92 Å². The van der Waals surface area contributed by atoms with E-state index in [4.69, 9.17) is 9.47 Å². The Kier molecular flexibility index (Phi) is 4.62. The molecule has 1 aromatic carbocycles. The van der Waals surface area contributed by atoms with Crippen molar-refractivity contribution in [3.63, 3.8) is 0 Å². The maximum absolute atomic E-state index is 13.7. The highest BCUT2D eigenvalue weighted by atomic mass is 19.1. The SMILES string of the molecule is COc1cc(N2CCC(C)C(OC)C2)c([N+](=O)[O-])cc1F. The molecule has 0 saturated carbocycles. The molecule has 0 radical (unpaired) electrons. The number of hydrogen-bond acceptors (Lipinski definition) is 5. The first kappa shape index (κ1) is 15.5. The summed E-state index contributed by atoms with van der Waals surface area (Å²) < 4.78 is 24.0. The predicted molar refractivity (Wildman–Crippen MR) is 76.4 cm³/mol. The Labute approximate surface area is 122 Å². The Bertz CT molecular complexity index is 538. The Morgan fingerprint density at radius 1 is 1.43 bits per heavy atom. The normalized spacial score (nSPS) is 22.2. The van der Waals surface area contributed by atoms with Crippen molar-refractivity contribution < 1.29 is 18.8 Å². The second-order valence-corrected chi connectivity index (χ2v) is 5.22. The van der Waals surface area contributed by atoms with Crippen LogP contribution in [0, 0.1) is 21.8 Å². The Morgan fingerprint density at radius 2 is 2.14 bits per heavy atom. The van der Waals surface area contributed by atoms with Gasteiger partial charge in [-0.25, -0.2) is 4.39 Å². The minimum atomic E-state index is -0.735. The number of nitro groups is 1. The van der Waals surface area contributed by atoms with Gasteiger partial charge in [-0.1, -0.05) is 6.92 Å². The van der Waals surface area contributed by atoms with Crippen LogP contribution < -0.4 is 9.64 Å². The average molecular weight is 298 g/mol. The second kappa shape index (κ2) is 6.26. The molecule has 0 aliphatic carbocycles. The lowest BCUT2D eigenvalue weighted by atomic mass is 9.95. The number of halogens is 1. The smallest absolute Gasteiger partial charge is 0.295 e. The van der Waals surface area contributed by atoms with Gasteiger partial charge in [-0.05, 0) is 12.3 Å². The van der Waals surface area contributed by atoms with Gasteiger partial charge in [-0.3, -0.25) is 10.1 Å². The van der Waals surface area contributed by atoms with E-state index in [1.54, 1.807) is 7.11 Å². The summed E-state index contributed by atoms with van der Waals surface area (Å²) in [5.41, 5.74) is 0.116.